The van der Waals surface area contributed by atoms with E-state index in [0.717, 1.165) is 18.4 Å². The summed E-state index contributed by atoms with van der Waals surface area (Å²) in [6, 6.07) is 10.5. The SMILES string of the molecule is CC.CC(=O)c1cc(-c2ccc(C#N)[nH]2)ccc1NO.CO. The van der Waals surface area contributed by atoms with Crippen molar-refractivity contribution in [3.63, 3.8) is 0 Å². The van der Waals surface area contributed by atoms with E-state index in [-0.39, 0.29) is 5.78 Å². The molecule has 0 radical (unpaired) electrons. The summed E-state index contributed by atoms with van der Waals surface area (Å²) >= 11 is 0. The van der Waals surface area contributed by atoms with E-state index in [9.17, 15) is 4.79 Å². The topological polar surface area (TPSA) is 109 Å². The Morgan fingerprint density at radius 2 is 1.86 bits per heavy atom. The second kappa shape index (κ2) is 10.2. The van der Waals surface area contributed by atoms with E-state index in [1.54, 1.807) is 30.3 Å². The predicted molar refractivity (Wildman–Crippen MR) is 85.8 cm³/mol. The molecule has 0 bridgehead atoms. The molecular formula is C16H21N3O3. The van der Waals surface area contributed by atoms with Gasteiger partial charge in [-0.2, -0.15) is 5.26 Å². The molecule has 0 unspecified atom stereocenters. The van der Waals surface area contributed by atoms with Crippen LogP contribution in [0.2, 0.25) is 0 Å². The second-order valence-corrected chi connectivity index (χ2v) is 3.83. The Labute approximate surface area is 130 Å². The van der Waals surface area contributed by atoms with Crippen LogP contribution in [0.1, 0.15) is 36.8 Å². The number of aliphatic hydroxyl groups excluding tert-OH is 1. The molecule has 2 rings (SSSR count). The minimum Gasteiger partial charge on any atom is -0.400 e. The molecule has 1 aromatic carbocycles. The molecule has 0 fully saturated rings. The number of hydrogen-bond acceptors (Lipinski definition) is 5. The van der Waals surface area contributed by atoms with E-state index in [1.807, 2.05) is 25.4 Å². The number of Topliss-reactive ketones (excluding diaryl/α,β-unsaturated/α-hetero) is 1. The van der Waals surface area contributed by atoms with Gasteiger partial charge in [-0.1, -0.05) is 19.9 Å². The van der Waals surface area contributed by atoms with Gasteiger partial charge in [0.2, 0.25) is 0 Å². The summed E-state index contributed by atoms with van der Waals surface area (Å²) in [6.07, 6.45) is 0. The van der Waals surface area contributed by atoms with Gasteiger partial charge in [-0.15, -0.1) is 0 Å². The quantitative estimate of drug-likeness (QED) is 0.514. The number of rotatable bonds is 3. The molecule has 0 aliphatic carbocycles. The Bertz CT molecular complexity index is 642. The highest BCUT2D eigenvalue weighted by Crippen LogP contribution is 2.25. The van der Waals surface area contributed by atoms with E-state index < -0.39 is 0 Å². The van der Waals surface area contributed by atoms with Crippen molar-refractivity contribution in [3.8, 4) is 17.3 Å². The highest BCUT2D eigenvalue weighted by atomic mass is 16.5. The summed E-state index contributed by atoms with van der Waals surface area (Å²) in [5.74, 6) is -0.152. The first-order valence-corrected chi connectivity index (χ1v) is 6.75. The number of nitrogens with one attached hydrogen (secondary N) is 2. The summed E-state index contributed by atoms with van der Waals surface area (Å²) in [6.45, 7) is 5.43. The molecule has 0 saturated carbocycles. The van der Waals surface area contributed by atoms with E-state index >= 15 is 0 Å². The first kappa shape index (κ1) is 19.4. The first-order chi connectivity index (χ1) is 10.7. The number of aromatic nitrogens is 1. The number of carbonyl (C=O) groups excluding carboxylic acids is 1. The summed E-state index contributed by atoms with van der Waals surface area (Å²) in [7, 11) is 1.00. The van der Waals surface area contributed by atoms with Crippen LogP contribution >= 0.6 is 0 Å². The number of carbonyl (C=O) groups is 1. The molecule has 6 heteroatoms. The van der Waals surface area contributed by atoms with Crippen LogP contribution in [0.15, 0.2) is 30.3 Å². The molecule has 0 aliphatic rings. The molecule has 0 spiro atoms. The summed E-state index contributed by atoms with van der Waals surface area (Å²) in [5.41, 5.74) is 4.72. The number of benzene rings is 1. The van der Waals surface area contributed by atoms with Crippen molar-refractivity contribution in [2.45, 2.75) is 20.8 Å². The lowest BCUT2D eigenvalue weighted by atomic mass is 10.0. The van der Waals surface area contributed by atoms with Crippen LogP contribution in [-0.4, -0.2) is 28.2 Å². The van der Waals surface area contributed by atoms with Gasteiger partial charge >= 0.3 is 0 Å². The number of nitrogens with zero attached hydrogens (tertiary/aromatic N) is 1. The maximum atomic E-state index is 11.5. The molecule has 2 aromatic rings. The lowest BCUT2D eigenvalue weighted by molar-refractivity contribution is 0.101. The minimum absolute atomic E-state index is 0.152. The lowest BCUT2D eigenvalue weighted by Crippen LogP contribution is -2.00. The number of H-pyrrole nitrogens is 1. The van der Waals surface area contributed by atoms with E-state index in [0.29, 0.717) is 16.9 Å². The van der Waals surface area contributed by atoms with Gasteiger partial charge in [0, 0.05) is 18.4 Å². The number of aromatic amines is 1. The number of nitriles is 1. The molecule has 0 amide bonds. The van der Waals surface area contributed by atoms with Crippen LogP contribution in [0, 0.1) is 11.3 Å². The zero-order valence-electron chi connectivity index (χ0n) is 13.1. The van der Waals surface area contributed by atoms with Crippen molar-refractivity contribution < 1.29 is 15.1 Å². The zero-order chi connectivity index (χ0) is 17.1. The van der Waals surface area contributed by atoms with Gasteiger partial charge < -0.3 is 10.1 Å². The summed E-state index contributed by atoms with van der Waals surface area (Å²) < 4.78 is 0. The fourth-order valence-electron chi connectivity index (χ4n) is 1.73. The molecule has 22 heavy (non-hydrogen) atoms. The van der Waals surface area contributed by atoms with E-state index in [1.165, 1.54) is 6.92 Å². The third kappa shape index (κ3) is 4.74. The maximum absolute atomic E-state index is 11.5. The maximum Gasteiger partial charge on any atom is 0.161 e. The van der Waals surface area contributed by atoms with Gasteiger partial charge in [0.1, 0.15) is 11.8 Å². The highest BCUT2D eigenvalue weighted by Gasteiger charge is 2.10. The third-order valence-electron chi connectivity index (χ3n) is 2.64. The number of ketones is 1. The fourth-order valence-corrected chi connectivity index (χ4v) is 1.73. The van der Waals surface area contributed by atoms with Gasteiger partial charge in [-0.25, -0.2) is 0 Å². The van der Waals surface area contributed by atoms with E-state index in [4.69, 9.17) is 15.6 Å². The minimum atomic E-state index is -0.152. The predicted octanol–water partition coefficient (Wildman–Crippen LogP) is 3.19. The van der Waals surface area contributed by atoms with Crippen molar-refractivity contribution in [3.05, 3.63) is 41.6 Å². The van der Waals surface area contributed by atoms with Gasteiger partial charge in [-0.3, -0.25) is 15.5 Å². The average Bonchev–Trinajstić information content (AvgIpc) is 3.07. The monoisotopic (exact) mass is 303 g/mol. The van der Waals surface area contributed by atoms with Gasteiger partial charge in [0.05, 0.1) is 5.69 Å². The van der Waals surface area contributed by atoms with Crippen molar-refractivity contribution in [2.24, 2.45) is 0 Å². The zero-order valence-corrected chi connectivity index (χ0v) is 13.1. The van der Waals surface area contributed by atoms with Crippen LogP contribution in [0.5, 0.6) is 0 Å². The normalized spacial score (nSPS) is 8.59. The molecule has 118 valence electrons. The first-order valence-electron chi connectivity index (χ1n) is 6.75. The van der Waals surface area contributed by atoms with Gasteiger partial charge in [-0.05, 0) is 36.8 Å². The molecule has 1 aromatic heterocycles. The standard InChI is InChI=1S/C13H11N3O2.C2H6.CH4O/c1-8(17)11-6-9(2-4-13(11)16-18)12-5-3-10(7-14)15-12;2*1-2/h2-6,15-16,18H,1H3;1-2H3;2H,1H3. The number of anilines is 1. The Morgan fingerprint density at radius 1 is 1.23 bits per heavy atom. The lowest BCUT2D eigenvalue weighted by Gasteiger charge is -2.07. The van der Waals surface area contributed by atoms with Crippen molar-refractivity contribution in [2.75, 3.05) is 12.6 Å². The number of hydrogen-bond donors (Lipinski definition) is 4. The Hall–Kier alpha value is -2.62. The number of aliphatic hydroxyl groups is 1. The van der Waals surface area contributed by atoms with Gasteiger partial charge in [0.15, 0.2) is 5.78 Å². The summed E-state index contributed by atoms with van der Waals surface area (Å²) in [4.78, 5) is 14.4. The molecule has 1 heterocycles. The third-order valence-corrected chi connectivity index (χ3v) is 2.64. The van der Waals surface area contributed by atoms with Crippen LogP contribution in [0.25, 0.3) is 11.3 Å². The van der Waals surface area contributed by atoms with Crippen molar-refractivity contribution in [1.82, 2.24) is 4.98 Å². The molecule has 0 atom stereocenters. The molecule has 6 nitrogen and oxygen atoms in total. The van der Waals surface area contributed by atoms with Crippen molar-refractivity contribution >= 4 is 11.5 Å². The van der Waals surface area contributed by atoms with Crippen molar-refractivity contribution in [1.29, 1.82) is 5.26 Å². The Balaban J connectivity index is 0.00000102. The molecule has 0 saturated heterocycles. The average molecular weight is 303 g/mol. The molecule has 0 aliphatic heterocycles. The smallest absolute Gasteiger partial charge is 0.161 e. The van der Waals surface area contributed by atoms with Crippen LogP contribution in [0.4, 0.5) is 5.69 Å². The molecular weight excluding hydrogens is 282 g/mol. The van der Waals surface area contributed by atoms with Crippen LogP contribution in [0.3, 0.4) is 0 Å². The van der Waals surface area contributed by atoms with E-state index in [2.05, 4.69) is 4.98 Å². The van der Waals surface area contributed by atoms with Gasteiger partial charge in [0.25, 0.3) is 0 Å². The van der Waals surface area contributed by atoms with Crippen LogP contribution < -0.4 is 5.48 Å². The Morgan fingerprint density at radius 3 is 2.32 bits per heavy atom. The fraction of sp³-hybridized carbons (Fsp3) is 0.250. The van der Waals surface area contributed by atoms with Crippen LogP contribution in [-0.2, 0) is 0 Å². The molecule has 4 N–H and O–H groups in total. The largest absolute Gasteiger partial charge is 0.400 e. The Kier molecular flexibility index (Phi) is 8.95. The highest BCUT2D eigenvalue weighted by molar-refractivity contribution is 6.00. The summed E-state index contributed by atoms with van der Waals surface area (Å²) in [5, 5.41) is 24.7. The second-order valence-electron chi connectivity index (χ2n) is 3.83.